The van der Waals surface area contributed by atoms with E-state index in [1.807, 2.05) is 30.1 Å². The van der Waals surface area contributed by atoms with Crippen LogP contribution in [0, 0.1) is 0 Å². The Balaban J connectivity index is 1.93. The van der Waals surface area contributed by atoms with Gasteiger partial charge >= 0.3 is 0 Å². The molecule has 3 heteroatoms. The summed E-state index contributed by atoms with van der Waals surface area (Å²) in [5.74, 6) is 0.247. The van der Waals surface area contributed by atoms with E-state index in [9.17, 15) is 4.79 Å². The number of nitrogens with zero attached hydrogens (tertiary/aromatic N) is 1. The van der Waals surface area contributed by atoms with E-state index in [0.29, 0.717) is 0 Å². The molecular weight excluding hydrogens is 188 g/mol. The lowest BCUT2D eigenvalue weighted by molar-refractivity contribution is -0.129. The van der Waals surface area contributed by atoms with Crippen LogP contribution in [0.1, 0.15) is 24.6 Å². The monoisotopic (exact) mass is 202 g/mol. The number of amides is 1. The van der Waals surface area contributed by atoms with Crippen molar-refractivity contribution in [3.63, 3.8) is 0 Å². The predicted molar refractivity (Wildman–Crippen MR) is 57.1 cm³/mol. The Hall–Kier alpha value is -1.35. The molecule has 0 bridgehead atoms. The van der Waals surface area contributed by atoms with Crippen molar-refractivity contribution in [1.29, 1.82) is 0 Å². The molecule has 1 aromatic carbocycles. The summed E-state index contributed by atoms with van der Waals surface area (Å²) < 4.78 is 0. The van der Waals surface area contributed by atoms with Crippen LogP contribution in [-0.4, -0.2) is 23.4 Å². The van der Waals surface area contributed by atoms with E-state index in [1.54, 1.807) is 0 Å². The third kappa shape index (κ3) is 1.20. The van der Waals surface area contributed by atoms with Gasteiger partial charge in [0.05, 0.1) is 0 Å². The number of nitrogens with one attached hydrogen (secondary N) is 1. The average Bonchev–Trinajstić information content (AvgIpc) is 3.01. The van der Waals surface area contributed by atoms with Crippen LogP contribution in [0.3, 0.4) is 0 Å². The summed E-state index contributed by atoms with van der Waals surface area (Å²) in [7, 11) is 1.88. The van der Waals surface area contributed by atoms with Crippen molar-refractivity contribution in [3.05, 3.63) is 35.9 Å². The molecule has 78 valence electrons. The molecule has 2 fully saturated rings. The maximum absolute atomic E-state index is 11.9. The molecule has 3 rings (SSSR count). The molecule has 1 aliphatic carbocycles. The van der Waals surface area contributed by atoms with E-state index >= 15 is 0 Å². The summed E-state index contributed by atoms with van der Waals surface area (Å²) in [4.78, 5) is 13.8. The first-order valence-corrected chi connectivity index (χ1v) is 5.33. The van der Waals surface area contributed by atoms with E-state index < -0.39 is 0 Å². The number of benzene rings is 1. The lowest BCUT2D eigenvalue weighted by Crippen LogP contribution is -2.30. The van der Waals surface area contributed by atoms with Crippen molar-refractivity contribution in [1.82, 2.24) is 10.2 Å². The van der Waals surface area contributed by atoms with Gasteiger partial charge < -0.3 is 4.90 Å². The van der Waals surface area contributed by atoms with Crippen molar-refractivity contribution in [2.75, 3.05) is 7.05 Å². The molecule has 15 heavy (non-hydrogen) atoms. The van der Waals surface area contributed by atoms with Crippen LogP contribution in [0.5, 0.6) is 0 Å². The smallest absolute Gasteiger partial charge is 0.244 e. The third-order valence-corrected chi connectivity index (χ3v) is 3.40. The van der Waals surface area contributed by atoms with Crippen LogP contribution in [-0.2, 0) is 4.79 Å². The van der Waals surface area contributed by atoms with Crippen LogP contribution in [0.2, 0.25) is 0 Å². The number of rotatable bonds is 1. The number of likely N-dealkylation sites (N-methyl/N-ethyl adjacent to an activating group) is 1. The summed E-state index contributed by atoms with van der Waals surface area (Å²) in [5, 5.41) is 3.43. The molecule has 1 aromatic rings. The maximum atomic E-state index is 11.9. The minimum Gasteiger partial charge on any atom is -0.324 e. The normalized spacial score (nSPS) is 27.4. The van der Waals surface area contributed by atoms with Crippen LogP contribution in [0.15, 0.2) is 30.3 Å². The molecule has 1 atom stereocenters. The number of hydrogen-bond donors (Lipinski definition) is 1. The Morgan fingerprint density at radius 3 is 2.53 bits per heavy atom. The van der Waals surface area contributed by atoms with Gasteiger partial charge in [0.2, 0.25) is 5.91 Å². The first kappa shape index (κ1) is 8.92. The molecule has 1 amide bonds. The van der Waals surface area contributed by atoms with Crippen molar-refractivity contribution >= 4 is 5.91 Å². The van der Waals surface area contributed by atoms with Gasteiger partial charge in [0, 0.05) is 7.05 Å². The second kappa shape index (κ2) is 2.83. The van der Waals surface area contributed by atoms with Crippen LogP contribution in [0.25, 0.3) is 0 Å². The van der Waals surface area contributed by atoms with Gasteiger partial charge in [0.1, 0.15) is 11.7 Å². The van der Waals surface area contributed by atoms with Gasteiger partial charge in [-0.05, 0) is 18.4 Å². The first-order valence-electron chi connectivity index (χ1n) is 5.33. The molecule has 1 saturated heterocycles. The fourth-order valence-corrected chi connectivity index (χ4v) is 2.30. The zero-order chi connectivity index (χ0) is 10.5. The molecular formula is C12H14N2O. The third-order valence-electron chi connectivity index (χ3n) is 3.40. The van der Waals surface area contributed by atoms with E-state index in [2.05, 4.69) is 17.4 Å². The fraction of sp³-hybridized carbons (Fsp3) is 0.417. The summed E-state index contributed by atoms with van der Waals surface area (Å²) in [5.41, 5.74) is 0.951. The molecule has 1 saturated carbocycles. The Morgan fingerprint density at radius 2 is 2.00 bits per heavy atom. The fourth-order valence-electron chi connectivity index (χ4n) is 2.30. The minimum atomic E-state index is -0.213. The minimum absolute atomic E-state index is 0.0567. The second-order valence-corrected chi connectivity index (χ2v) is 4.46. The van der Waals surface area contributed by atoms with Crippen molar-refractivity contribution in [2.24, 2.45) is 0 Å². The number of carbonyl (C=O) groups is 1. The SMILES string of the molecule is CN1C(=O)C2(CC2)NC1c1ccccc1. The molecule has 2 aliphatic rings. The molecule has 1 N–H and O–H groups in total. The largest absolute Gasteiger partial charge is 0.324 e. The highest BCUT2D eigenvalue weighted by Gasteiger charge is 2.58. The Bertz CT molecular complexity index is 397. The highest BCUT2D eigenvalue weighted by Crippen LogP contribution is 2.45. The predicted octanol–water partition coefficient (Wildman–Crippen LogP) is 1.28. The highest BCUT2D eigenvalue weighted by atomic mass is 16.2. The van der Waals surface area contributed by atoms with Crippen molar-refractivity contribution in [3.8, 4) is 0 Å². The van der Waals surface area contributed by atoms with Crippen LogP contribution < -0.4 is 5.32 Å². The summed E-state index contributed by atoms with van der Waals surface area (Å²) in [6.45, 7) is 0. The maximum Gasteiger partial charge on any atom is 0.244 e. The molecule has 1 aliphatic heterocycles. The first-order chi connectivity index (χ1) is 7.23. The molecule has 3 nitrogen and oxygen atoms in total. The number of hydrogen-bond acceptors (Lipinski definition) is 2. The van der Waals surface area contributed by atoms with Crippen LogP contribution in [0.4, 0.5) is 0 Å². The molecule has 1 unspecified atom stereocenters. The average molecular weight is 202 g/mol. The van der Waals surface area contributed by atoms with Gasteiger partial charge in [-0.25, -0.2) is 0 Å². The quantitative estimate of drug-likeness (QED) is 0.744. The van der Waals surface area contributed by atoms with Crippen molar-refractivity contribution < 1.29 is 4.79 Å². The van der Waals surface area contributed by atoms with Crippen LogP contribution >= 0.6 is 0 Å². The van der Waals surface area contributed by atoms with Gasteiger partial charge in [-0.3, -0.25) is 10.1 Å². The second-order valence-electron chi connectivity index (χ2n) is 4.46. The van der Waals surface area contributed by atoms with Gasteiger partial charge in [0.15, 0.2) is 0 Å². The lowest BCUT2D eigenvalue weighted by Gasteiger charge is -2.19. The van der Waals surface area contributed by atoms with E-state index in [1.165, 1.54) is 0 Å². The molecule has 0 radical (unpaired) electrons. The van der Waals surface area contributed by atoms with Gasteiger partial charge in [0.25, 0.3) is 0 Å². The van der Waals surface area contributed by atoms with E-state index in [0.717, 1.165) is 18.4 Å². The number of carbonyl (C=O) groups excluding carboxylic acids is 1. The highest BCUT2D eigenvalue weighted by molar-refractivity contribution is 5.91. The lowest BCUT2D eigenvalue weighted by atomic mass is 10.2. The Morgan fingerprint density at radius 1 is 1.33 bits per heavy atom. The standard InChI is InChI=1S/C12H14N2O/c1-14-10(9-5-3-2-4-6-9)13-12(7-8-12)11(14)15/h2-6,10,13H,7-8H2,1H3. The Labute approximate surface area is 89.1 Å². The van der Waals surface area contributed by atoms with Gasteiger partial charge in [-0.15, -0.1) is 0 Å². The molecule has 1 heterocycles. The van der Waals surface area contributed by atoms with Crippen molar-refractivity contribution in [2.45, 2.75) is 24.5 Å². The zero-order valence-corrected chi connectivity index (χ0v) is 8.73. The van der Waals surface area contributed by atoms with E-state index in [4.69, 9.17) is 0 Å². The molecule has 1 spiro atoms. The van der Waals surface area contributed by atoms with Gasteiger partial charge in [-0.1, -0.05) is 30.3 Å². The summed E-state index contributed by atoms with van der Waals surface area (Å²) in [6, 6.07) is 10.1. The summed E-state index contributed by atoms with van der Waals surface area (Å²) >= 11 is 0. The Kier molecular flexibility index (Phi) is 1.68. The van der Waals surface area contributed by atoms with Gasteiger partial charge in [-0.2, -0.15) is 0 Å². The van der Waals surface area contributed by atoms with E-state index in [-0.39, 0.29) is 17.6 Å². The topological polar surface area (TPSA) is 32.3 Å². The summed E-state index contributed by atoms with van der Waals surface area (Å²) in [6.07, 6.45) is 2.03. The zero-order valence-electron chi connectivity index (χ0n) is 8.73. The molecule has 0 aromatic heterocycles.